The van der Waals surface area contributed by atoms with Gasteiger partial charge in [-0.15, -0.1) is 11.3 Å². The van der Waals surface area contributed by atoms with Gasteiger partial charge >= 0.3 is 0 Å². The van der Waals surface area contributed by atoms with Crippen LogP contribution in [-0.4, -0.2) is 29.7 Å². The maximum atomic E-state index is 9.23. The summed E-state index contributed by atoms with van der Waals surface area (Å²) in [6, 6.07) is 2.18. The highest BCUT2D eigenvalue weighted by atomic mass is 32.2. The Kier molecular flexibility index (Phi) is 4.95. The van der Waals surface area contributed by atoms with Crippen LogP contribution in [-0.2, 0) is 0 Å². The lowest BCUT2D eigenvalue weighted by Crippen LogP contribution is -2.26. The van der Waals surface area contributed by atoms with E-state index in [1.54, 1.807) is 0 Å². The summed E-state index contributed by atoms with van der Waals surface area (Å²) in [6.07, 6.45) is 1.16. The van der Waals surface area contributed by atoms with Crippen molar-refractivity contribution >= 4 is 33.8 Å². The van der Waals surface area contributed by atoms with E-state index in [1.807, 2.05) is 25.6 Å². The van der Waals surface area contributed by atoms with E-state index in [-0.39, 0.29) is 6.10 Å². The summed E-state index contributed by atoms with van der Waals surface area (Å²) in [5.74, 6) is 1.77. The molecule has 0 unspecified atom stereocenters. The maximum Gasteiger partial charge on any atom is 0.178 e. The molecule has 1 fully saturated rings. The summed E-state index contributed by atoms with van der Waals surface area (Å²) in [7, 11) is 0. The van der Waals surface area contributed by atoms with Crippen LogP contribution in [0.15, 0.2) is 0 Å². The fourth-order valence-electron chi connectivity index (χ4n) is 2.28. The molecule has 1 aliphatic rings. The van der Waals surface area contributed by atoms with E-state index in [0.717, 1.165) is 30.3 Å². The number of thioether (sulfide) groups is 1. The van der Waals surface area contributed by atoms with Crippen molar-refractivity contribution in [2.24, 2.45) is 0 Å². The largest absolute Gasteiger partial charge is 0.486 e. The first-order valence-electron chi connectivity index (χ1n) is 7.22. The summed E-state index contributed by atoms with van der Waals surface area (Å²) >= 11 is 3.45. The number of hydrogen-bond acceptors (Lipinski definition) is 6. The van der Waals surface area contributed by atoms with Crippen LogP contribution in [0, 0.1) is 11.3 Å². The molecule has 0 amide bonds. The zero-order chi connectivity index (χ0) is 15.6. The predicted octanol–water partition coefficient (Wildman–Crippen LogP) is 3.71. The lowest BCUT2D eigenvalue weighted by molar-refractivity contribution is 0.245. The van der Waals surface area contributed by atoms with Gasteiger partial charge in [-0.2, -0.15) is 17.0 Å². The van der Waals surface area contributed by atoms with Gasteiger partial charge in [0.15, 0.2) is 5.75 Å². The van der Waals surface area contributed by atoms with Gasteiger partial charge < -0.3 is 15.4 Å². The smallest absolute Gasteiger partial charge is 0.178 e. The molecule has 0 spiro atoms. The molecule has 0 saturated carbocycles. The minimum absolute atomic E-state index is 0.0463. The molecule has 1 aromatic heterocycles. The van der Waals surface area contributed by atoms with E-state index < -0.39 is 0 Å². The van der Waals surface area contributed by atoms with Gasteiger partial charge in [0.2, 0.25) is 0 Å². The van der Waals surface area contributed by atoms with Crippen molar-refractivity contribution in [1.82, 2.24) is 0 Å². The number of nitrogens with two attached hydrogens (primary N) is 1. The van der Waals surface area contributed by atoms with Gasteiger partial charge in [0.25, 0.3) is 0 Å². The Morgan fingerprint density at radius 1 is 1.38 bits per heavy atom. The Morgan fingerprint density at radius 2 is 2.10 bits per heavy atom. The van der Waals surface area contributed by atoms with Gasteiger partial charge in [-0.3, -0.25) is 0 Å². The van der Waals surface area contributed by atoms with E-state index >= 15 is 0 Å². The molecular formula is C15H23N3OS2. The van der Waals surface area contributed by atoms with E-state index in [1.165, 1.54) is 11.3 Å². The molecule has 4 nitrogen and oxygen atoms in total. The molecule has 6 heteroatoms. The van der Waals surface area contributed by atoms with Gasteiger partial charge in [-0.05, 0) is 20.3 Å². The standard InChI is InChI=1S/C15H23N3OS2/c1-10(2)19-13-12(17)11(9-16)21-14(13)18-6-5-15(3,4)20-8-7-18/h10H,5-8,17H2,1-4H3. The molecule has 0 atom stereocenters. The third kappa shape index (κ3) is 3.78. The SMILES string of the molecule is CC(C)Oc1c(N2CCSC(C)(C)CC2)sc(C#N)c1N. The molecule has 1 saturated heterocycles. The van der Waals surface area contributed by atoms with Gasteiger partial charge in [-0.1, -0.05) is 13.8 Å². The lowest BCUT2D eigenvalue weighted by Gasteiger charge is -2.24. The molecule has 0 aromatic carbocycles. The molecule has 2 N–H and O–H groups in total. The number of rotatable bonds is 3. The second kappa shape index (κ2) is 6.37. The fraction of sp³-hybridized carbons (Fsp3) is 0.667. The summed E-state index contributed by atoms with van der Waals surface area (Å²) in [5.41, 5.74) is 6.58. The highest BCUT2D eigenvalue weighted by Gasteiger charge is 2.28. The number of ether oxygens (including phenoxy) is 1. The molecule has 0 bridgehead atoms. The molecule has 2 heterocycles. The third-order valence-corrected chi connectivity index (χ3v) is 5.99. The van der Waals surface area contributed by atoms with Crippen LogP contribution in [0.3, 0.4) is 0 Å². The van der Waals surface area contributed by atoms with Gasteiger partial charge in [0, 0.05) is 23.6 Å². The van der Waals surface area contributed by atoms with Crippen LogP contribution < -0.4 is 15.4 Å². The van der Waals surface area contributed by atoms with Gasteiger partial charge in [-0.25, -0.2) is 0 Å². The molecule has 116 valence electrons. The lowest BCUT2D eigenvalue weighted by atomic mass is 10.1. The summed E-state index contributed by atoms with van der Waals surface area (Å²) in [5, 5.41) is 10.2. The average Bonchev–Trinajstić information content (AvgIpc) is 2.58. The molecule has 21 heavy (non-hydrogen) atoms. The van der Waals surface area contributed by atoms with Crippen LogP contribution in [0.25, 0.3) is 0 Å². The average molecular weight is 326 g/mol. The first kappa shape index (κ1) is 16.3. The van der Waals surface area contributed by atoms with Crippen LogP contribution >= 0.6 is 23.1 Å². The van der Waals surface area contributed by atoms with Crippen LogP contribution in [0.1, 0.15) is 39.0 Å². The molecule has 0 aliphatic carbocycles. The highest BCUT2D eigenvalue weighted by molar-refractivity contribution is 8.00. The Labute approximate surface area is 135 Å². The van der Waals surface area contributed by atoms with Crippen molar-refractivity contribution in [2.75, 3.05) is 29.5 Å². The molecule has 1 aliphatic heterocycles. The van der Waals surface area contributed by atoms with Crippen molar-refractivity contribution < 1.29 is 4.74 Å². The fourth-order valence-corrected chi connectivity index (χ4v) is 4.38. The Balaban J connectivity index is 2.32. The number of hydrogen-bond donors (Lipinski definition) is 1. The first-order chi connectivity index (χ1) is 9.84. The second-order valence-corrected chi connectivity index (χ2v) is 8.90. The molecular weight excluding hydrogens is 302 g/mol. The third-order valence-electron chi connectivity index (χ3n) is 3.46. The molecule has 1 aromatic rings. The number of thiophene rings is 1. The minimum Gasteiger partial charge on any atom is -0.486 e. The number of nitrogen functional groups attached to an aromatic ring is 1. The van der Waals surface area contributed by atoms with Crippen LogP contribution in [0.5, 0.6) is 5.75 Å². The number of nitrogens with zero attached hydrogens (tertiary/aromatic N) is 2. The predicted molar refractivity (Wildman–Crippen MR) is 92.6 cm³/mol. The zero-order valence-corrected chi connectivity index (χ0v) is 14.7. The minimum atomic E-state index is 0.0463. The zero-order valence-electron chi connectivity index (χ0n) is 13.1. The normalized spacial score (nSPS) is 18.4. The van der Waals surface area contributed by atoms with E-state index in [2.05, 4.69) is 24.8 Å². The van der Waals surface area contributed by atoms with E-state index in [0.29, 0.717) is 21.1 Å². The van der Waals surface area contributed by atoms with Crippen molar-refractivity contribution in [1.29, 1.82) is 5.26 Å². The van der Waals surface area contributed by atoms with Gasteiger partial charge in [0.05, 0.1) is 6.10 Å². The quantitative estimate of drug-likeness (QED) is 0.918. The Morgan fingerprint density at radius 3 is 2.71 bits per heavy atom. The summed E-state index contributed by atoms with van der Waals surface area (Å²) < 4.78 is 6.19. The first-order valence-corrected chi connectivity index (χ1v) is 9.02. The van der Waals surface area contributed by atoms with Crippen molar-refractivity contribution in [2.45, 2.75) is 45.0 Å². The maximum absolute atomic E-state index is 9.23. The van der Waals surface area contributed by atoms with E-state index in [4.69, 9.17) is 10.5 Å². The second-order valence-electron chi connectivity index (χ2n) is 6.10. The van der Waals surface area contributed by atoms with Crippen LogP contribution in [0.4, 0.5) is 10.7 Å². The Hall–Kier alpha value is -1.06. The molecule has 2 rings (SSSR count). The van der Waals surface area contributed by atoms with Crippen molar-refractivity contribution in [3.05, 3.63) is 4.88 Å². The Bertz CT molecular complexity index is 546. The van der Waals surface area contributed by atoms with Gasteiger partial charge in [0.1, 0.15) is 21.6 Å². The van der Waals surface area contributed by atoms with Crippen LogP contribution in [0.2, 0.25) is 0 Å². The summed E-state index contributed by atoms with van der Waals surface area (Å²) in [6.45, 7) is 10.5. The van der Waals surface area contributed by atoms with Crippen molar-refractivity contribution in [3.8, 4) is 11.8 Å². The van der Waals surface area contributed by atoms with Crippen molar-refractivity contribution in [3.63, 3.8) is 0 Å². The number of anilines is 2. The van der Waals surface area contributed by atoms with E-state index in [9.17, 15) is 5.26 Å². The monoisotopic (exact) mass is 325 g/mol. The highest BCUT2D eigenvalue weighted by Crippen LogP contribution is 2.46. The topological polar surface area (TPSA) is 62.3 Å². The molecule has 0 radical (unpaired) electrons. The summed E-state index contributed by atoms with van der Waals surface area (Å²) in [4.78, 5) is 2.87. The number of nitriles is 1.